The Hall–Kier alpha value is -2.92. The zero-order valence-corrected chi connectivity index (χ0v) is 24.2. The van der Waals surface area contributed by atoms with Crippen LogP contribution in [-0.2, 0) is 15.0 Å². The quantitative estimate of drug-likeness (QED) is 0.187. The maximum atomic E-state index is 13.4. The molecule has 0 unspecified atom stereocenters. The second-order valence-electron chi connectivity index (χ2n) is 11.6. The van der Waals surface area contributed by atoms with Gasteiger partial charge in [-0.15, -0.1) is 0 Å². The highest BCUT2D eigenvalue weighted by molar-refractivity contribution is 6.46. The highest BCUT2D eigenvalue weighted by Crippen LogP contribution is 2.40. The Morgan fingerprint density at radius 1 is 0.868 bits per heavy atom. The van der Waals surface area contributed by atoms with E-state index in [2.05, 4.69) is 51.7 Å². The van der Waals surface area contributed by atoms with E-state index in [0.717, 1.165) is 62.9 Å². The number of likely N-dealkylation sites (tertiary alicyclic amines) is 1. The maximum Gasteiger partial charge on any atom is 0.295 e. The lowest BCUT2D eigenvalue weighted by atomic mass is 9.85. The Morgan fingerprint density at radius 2 is 1.42 bits per heavy atom. The average Bonchev–Trinajstić information content (AvgIpc) is 3.14. The minimum absolute atomic E-state index is 0.0112. The van der Waals surface area contributed by atoms with Gasteiger partial charge in [0.1, 0.15) is 5.76 Å². The molecule has 0 bridgehead atoms. The molecule has 206 valence electrons. The summed E-state index contributed by atoms with van der Waals surface area (Å²) < 4.78 is 0. The number of benzene rings is 2. The van der Waals surface area contributed by atoms with E-state index in [9.17, 15) is 14.7 Å². The molecule has 1 aliphatic rings. The summed E-state index contributed by atoms with van der Waals surface area (Å²) in [6, 6.07) is 14.9. The van der Waals surface area contributed by atoms with Crippen molar-refractivity contribution in [2.45, 2.75) is 85.1 Å². The van der Waals surface area contributed by atoms with E-state index in [1.165, 1.54) is 5.56 Å². The van der Waals surface area contributed by atoms with Gasteiger partial charge in [-0.25, -0.2) is 0 Å². The molecular formula is C33H46N2O3. The number of unbranched alkanes of at least 4 members (excludes halogenated alkanes) is 2. The molecule has 3 rings (SSSR count). The van der Waals surface area contributed by atoms with Gasteiger partial charge in [0.25, 0.3) is 11.7 Å². The van der Waals surface area contributed by atoms with E-state index in [4.69, 9.17) is 0 Å². The number of aliphatic hydroxyl groups is 1. The smallest absolute Gasteiger partial charge is 0.295 e. The number of hydrogen-bond acceptors (Lipinski definition) is 4. The number of hydrogen-bond donors (Lipinski definition) is 1. The molecule has 1 atom stereocenters. The van der Waals surface area contributed by atoms with Crippen LogP contribution in [0.25, 0.3) is 5.76 Å². The number of rotatable bonds is 12. The number of carbonyl (C=O) groups excluding carboxylic acids is 2. The molecule has 2 aromatic rings. The summed E-state index contributed by atoms with van der Waals surface area (Å²) >= 11 is 0. The van der Waals surface area contributed by atoms with Crippen LogP contribution >= 0.6 is 0 Å². The van der Waals surface area contributed by atoms with Crippen molar-refractivity contribution in [2.75, 3.05) is 26.2 Å². The molecule has 0 aliphatic carbocycles. The molecule has 1 amide bonds. The average molecular weight is 519 g/mol. The summed E-state index contributed by atoms with van der Waals surface area (Å²) in [4.78, 5) is 30.9. The fourth-order valence-electron chi connectivity index (χ4n) is 5.05. The standard InChI is InChI=1S/C33H46N2O3/c1-7-9-20-34(21-10-8-2)22-11-23-35-29(25-16-18-27(19-17-25)33(4,5)6)28(31(37)32(35)38)30(36)26-14-12-24(3)13-15-26/h12-19,29,36H,7-11,20-23H2,1-6H3/t29-/m1/s1. The molecule has 2 aromatic carbocycles. The maximum absolute atomic E-state index is 13.4. The third-order valence-electron chi connectivity index (χ3n) is 7.49. The van der Waals surface area contributed by atoms with Gasteiger partial charge in [0.15, 0.2) is 0 Å². The fourth-order valence-corrected chi connectivity index (χ4v) is 5.05. The van der Waals surface area contributed by atoms with Crippen molar-refractivity contribution in [1.29, 1.82) is 0 Å². The van der Waals surface area contributed by atoms with Gasteiger partial charge < -0.3 is 14.9 Å². The number of carbonyl (C=O) groups is 2. The molecule has 5 heteroatoms. The first kappa shape index (κ1) is 29.6. The van der Waals surface area contributed by atoms with E-state index in [0.29, 0.717) is 12.1 Å². The van der Waals surface area contributed by atoms with Crippen LogP contribution < -0.4 is 0 Å². The van der Waals surface area contributed by atoms with Crippen molar-refractivity contribution in [2.24, 2.45) is 0 Å². The molecule has 0 radical (unpaired) electrons. The van der Waals surface area contributed by atoms with E-state index in [-0.39, 0.29) is 16.7 Å². The number of nitrogens with zero attached hydrogens (tertiary/aromatic N) is 2. The lowest BCUT2D eigenvalue weighted by Crippen LogP contribution is -2.34. The first-order chi connectivity index (χ1) is 18.1. The summed E-state index contributed by atoms with van der Waals surface area (Å²) in [7, 11) is 0. The van der Waals surface area contributed by atoms with Crippen LogP contribution in [0.15, 0.2) is 54.1 Å². The summed E-state index contributed by atoms with van der Waals surface area (Å²) in [6.45, 7) is 16.3. The number of aliphatic hydroxyl groups excluding tert-OH is 1. The highest BCUT2D eigenvalue weighted by atomic mass is 16.3. The van der Waals surface area contributed by atoms with Crippen LogP contribution in [0, 0.1) is 6.92 Å². The molecule has 0 spiro atoms. The van der Waals surface area contributed by atoms with Crippen molar-refractivity contribution in [3.05, 3.63) is 76.4 Å². The van der Waals surface area contributed by atoms with E-state index < -0.39 is 17.7 Å². The van der Waals surface area contributed by atoms with Gasteiger partial charge in [0.2, 0.25) is 0 Å². The number of amides is 1. The SMILES string of the molecule is CCCCN(CCCC)CCCN1C(=O)C(=O)C(=C(O)c2ccc(C)cc2)[C@H]1c1ccc(C(C)(C)C)cc1. The lowest BCUT2D eigenvalue weighted by Gasteiger charge is -2.28. The Bertz CT molecular complexity index is 1100. The van der Waals surface area contributed by atoms with Crippen LogP contribution in [0.2, 0.25) is 0 Å². The van der Waals surface area contributed by atoms with Crippen molar-refractivity contribution < 1.29 is 14.7 Å². The van der Waals surface area contributed by atoms with Gasteiger partial charge in [0, 0.05) is 12.1 Å². The zero-order valence-electron chi connectivity index (χ0n) is 24.2. The molecule has 1 aliphatic heterocycles. The van der Waals surface area contributed by atoms with Crippen LogP contribution in [-0.4, -0.2) is 52.8 Å². The molecule has 1 N–H and O–H groups in total. The minimum atomic E-state index is -0.609. The van der Waals surface area contributed by atoms with Crippen molar-refractivity contribution in [3.8, 4) is 0 Å². The van der Waals surface area contributed by atoms with E-state index in [1.807, 2.05) is 31.2 Å². The Balaban J connectivity index is 1.95. The Morgan fingerprint density at radius 3 is 1.95 bits per heavy atom. The molecule has 1 heterocycles. The summed E-state index contributed by atoms with van der Waals surface area (Å²) in [6.07, 6.45) is 5.40. The molecule has 38 heavy (non-hydrogen) atoms. The van der Waals surface area contributed by atoms with Gasteiger partial charge in [-0.1, -0.05) is 102 Å². The second kappa shape index (κ2) is 13.2. The van der Waals surface area contributed by atoms with Gasteiger partial charge >= 0.3 is 0 Å². The first-order valence-electron chi connectivity index (χ1n) is 14.3. The Kier molecular flexibility index (Phi) is 10.3. The number of aryl methyl sites for hydroxylation is 1. The Labute approximate surface area is 229 Å². The van der Waals surface area contributed by atoms with Crippen molar-refractivity contribution >= 4 is 17.4 Å². The molecule has 0 saturated carbocycles. The lowest BCUT2D eigenvalue weighted by molar-refractivity contribution is -0.140. The third-order valence-corrected chi connectivity index (χ3v) is 7.49. The normalized spacial score (nSPS) is 17.6. The molecular weight excluding hydrogens is 472 g/mol. The monoisotopic (exact) mass is 518 g/mol. The van der Waals surface area contributed by atoms with Gasteiger partial charge in [0.05, 0.1) is 11.6 Å². The minimum Gasteiger partial charge on any atom is -0.507 e. The summed E-state index contributed by atoms with van der Waals surface area (Å²) in [5, 5.41) is 11.3. The topological polar surface area (TPSA) is 60.9 Å². The number of ketones is 1. The van der Waals surface area contributed by atoms with Gasteiger partial charge in [-0.3, -0.25) is 9.59 Å². The van der Waals surface area contributed by atoms with E-state index >= 15 is 0 Å². The largest absolute Gasteiger partial charge is 0.507 e. The second-order valence-corrected chi connectivity index (χ2v) is 11.6. The fraction of sp³-hybridized carbons (Fsp3) is 0.515. The first-order valence-corrected chi connectivity index (χ1v) is 14.3. The van der Waals surface area contributed by atoms with Crippen LogP contribution in [0.4, 0.5) is 0 Å². The number of Topliss-reactive ketones (excluding diaryl/α,β-unsaturated/α-hetero) is 1. The summed E-state index contributed by atoms with van der Waals surface area (Å²) in [5.74, 6) is -1.25. The predicted octanol–water partition coefficient (Wildman–Crippen LogP) is 7.01. The zero-order chi connectivity index (χ0) is 27.9. The van der Waals surface area contributed by atoms with E-state index in [1.54, 1.807) is 17.0 Å². The molecule has 1 saturated heterocycles. The molecule has 0 aromatic heterocycles. The third kappa shape index (κ3) is 7.13. The van der Waals surface area contributed by atoms with Crippen molar-refractivity contribution in [1.82, 2.24) is 9.80 Å². The van der Waals surface area contributed by atoms with Crippen LogP contribution in [0.1, 0.15) is 95.0 Å². The van der Waals surface area contributed by atoms with Crippen LogP contribution in [0.3, 0.4) is 0 Å². The predicted molar refractivity (Wildman–Crippen MR) is 156 cm³/mol. The highest BCUT2D eigenvalue weighted by Gasteiger charge is 2.45. The van der Waals surface area contributed by atoms with Gasteiger partial charge in [-0.2, -0.15) is 0 Å². The molecule has 1 fully saturated rings. The van der Waals surface area contributed by atoms with Crippen molar-refractivity contribution in [3.63, 3.8) is 0 Å². The van der Waals surface area contributed by atoms with Gasteiger partial charge in [-0.05, 0) is 62.4 Å². The molecule has 5 nitrogen and oxygen atoms in total. The summed E-state index contributed by atoms with van der Waals surface area (Å²) in [5.41, 5.74) is 3.81. The van der Waals surface area contributed by atoms with Crippen LogP contribution in [0.5, 0.6) is 0 Å².